The van der Waals surface area contributed by atoms with E-state index >= 15 is 0 Å². The lowest BCUT2D eigenvalue weighted by Crippen LogP contribution is -2.59. The first kappa shape index (κ1) is 20.9. The smallest absolute Gasteiger partial charge is 0.252 e. The molecule has 0 atom stereocenters. The molecular formula is C19H34N4O3. The molecule has 2 rings (SSSR count). The molecule has 0 aromatic rings. The third-order valence-corrected chi connectivity index (χ3v) is 5.90. The zero-order valence-electron chi connectivity index (χ0n) is 16.6. The number of hydrogen-bond donors (Lipinski definition) is 2. The third kappa shape index (κ3) is 5.28. The minimum atomic E-state index is -0.766. The van der Waals surface area contributed by atoms with Gasteiger partial charge in [-0.05, 0) is 66.7 Å². The van der Waals surface area contributed by atoms with Gasteiger partial charge >= 0.3 is 0 Å². The zero-order valence-corrected chi connectivity index (χ0v) is 16.6. The Morgan fingerprint density at radius 3 is 2.35 bits per heavy atom. The fraction of sp³-hybridized carbons (Fsp3) is 0.789. The number of carbonyl (C=O) groups is 2. The Morgan fingerprint density at radius 1 is 1.19 bits per heavy atom. The number of likely N-dealkylation sites (N-methyl/N-ethyl adjacent to an activating group) is 1. The molecule has 0 bridgehead atoms. The van der Waals surface area contributed by atoms with Gasteiger partial charge in [-0.3, -0.25) is 19.8 Å². The van der Waals surface area contributed by atoms with Gasteiger partial charge in [0.15, 0.2) is 0 Å². The van der Waals surface area contributed by atoms with Crippen LogP contribution in [0.3, 0.4) is 0 Å². The van der Waals surface area contributed by atoms with Gasteiger partial charge in [-0.2, -0.15) is 0 Å². The maximum Gasteiger partial charge on any atom is 0.252 e. The normalized spacial score (nSPS) is 21.8. The number of rotatable bonds is 5. The van der Waals surface area contributed by atoms with E-state index in [1.807, 2.05) is 20.9 Å². The predicted octanol–water partition coefficient (Wildman–Crippen LogP) is 0.703. The minimum absolute atomic E-state index is 0.152. The Bertz CT molecular complexity index is 533. The van der Waals surface area contributed by atoms with Crippen LogP contribution in [-0.2, 0) is 14.3 Å². The molecule has 26 heavy (non-hydrogen) atoms. The minimum Gasteiger partial charge on any atom is -0.402 e. The van der Waals surface area contributed by atoms with Gasteiger partial charge in [0.2, 0.25) is 5.91 Å². The Kier molecular flexibility index (Phi) is 7.20. The van der Waals surface area contributed by atoms with Gasteiger partial charge in [0.1, 0.15) is 0 Å². The van der Waals surface area contributed by atoms with Crippen LogP contribution in [0.4, 0.5) is 0 Å². The second-order valence-electron chi connectivity index (χ2n) is 8.05. The number of piperidine rings is 1. The Morgan fingerprint density at radius 2 is 1.77 bits per heavy atom. The molecule has 3 N–H and O–H groups in total. The van der Waals surface area contributed by atoms with Gasteiger partial charge in [-0.25, -0.2) is 0 Å². The molecule has 2 heterocycles. The lowest BCUT2D eigenvalue weighted by Gasteiger charge is -2.42. The van der Waals surface area contributed by atoms with Crippen LogP contribution in [0, 0.1) is 5.92 Å². The second-order valence-corrected chi connectivity index (χ2v) is 8.05. The molecule has 2 aliphatic heterocycles. The van der Waals surface area contributed by atoms with Crippen molar-refractivity contribution < 1.29 is 14.3 Å². The van der Waals surface area contributed by atoms with Gasteiger partial charge in [0, 0.05) is 36.9 Å². The fourth-order valence-corrected chi connectivity index (χ4v) is 3.60. The van der Waals surface area contributed by atoms with Crippen LogP contribution in [-0.4, -0.2) is 73.6 Å². The molecule has 0 radical (unpaired) electrons. The van der Waals surface area contributed by atoms with Crippen molar-refractivity contribution in [2.45, 2.75) is 51.1 Å². The summed E-state index contributed by atoms with van der Waals surface area (Å²) in [6.45, 7) is 7.09. The molecule has 0 aromatic carbocycles. The number of nitrogens with two attached hydrogens (primary N) is 1. The van der Waals surface area contributed by atoms with Crippen molar-refractivity contribution in [2.24, 2.45) is 11.7 Å². The Hall–Kier alpha value is -1.44. The molecule has 2 aliphatic rings. The van der Waals surface area contributed by atoms with E-state index in [-0.39, 0.29) is 11.8 Å². The first-order valence-corrected chi connectivity index (χ1v) is 9.53. The largest absolute Gasteiger partial charge is 0.402 e. The van der Waals surface area contributed by atoms with Crippen LogP contribution in [0.25, 0.3) is 0 Å². The van der Waals surface area contributed by atoms with E-state index in [4.69, 9.17) is 10.5 Å². The highest BCUT2D eigenvalue weighted by Gasteiger charge is 2.37. The molecule has 0 saturated carbocycles. The summed E-state index contributed by atoms with van der Waals surface area (Å²) >= 11 is 0. The van der Waals surface area contributed by atoms with Crippen molar-refractivity contribution in [1.82, 2.24) is 15.1 Å². The third-order valence-electron chi connectivity index (χ3n) is 5.90. The standard InChI is InChI=1S/C19H34N4O3/c1-19(2,23(4)15-5-9-22(3)10-6-15)18(25)21-17(24)13-16(20)14-7-11-26-12-8-14/h13-15H,5-12,20H2,1-4H3,(H,21,24,25). The van der Waals surface area contributed by atoms with E-state index in [2.05, 4.69) is 22.2 Å². The number of allylic oxidation sites excluding steroid dienone is 1. The average Bonchev–Trinajstić information content (AvgIpc) is 2.62. The van der Waals surface area contributed by atoms with Crippen molar-refractivity contribution in [1.29, 1.82) is 0 Å². The van der Waals surface area contributed by atoms with Crippen molar-refractivity contribution in [3.63, 3.8) is 0 Å². The van der Waals surface area contributed by atoms with Gasteiger partial charge in [-0.1, -0.05) is 0 Å². The Labute approximate surface area is 156 Å². The monoisotopic (exact) mass is 366 g/mol. The molecule has 7 nitrogen and oxygen atoms in total. The van der Waals surface area contributed by atoms with Crippen molar-refractivity contribution >= 4 is 11.8 Å². The van der Waals surface area contributed by atoms with Crippen LogP contribution in [0.1, 0.15) is 39.5 Å². The Balaban J connectivity index is 1.92. The molecular weight excluding hydrogens is 332 g/mol. The SMILES string of the molecule is CN1CCC(N(C)C(C)(C)C(=O)NC(=O)C=C(N)C2CCOCC2)CC1. The molecule has 7 heteroatoms. The second kappa shape index (κ2) is 8.97. The molecule has 0 spiro atoms. The van der Waals surface area contributed by atoms with Gasteiger partial charge in [0.05, 0.1) is 5.54 Å². The van der Waals surface area contributed by atoms with Crippen molar-refractivity contribution in [3.05, 3.63) is 11.8 Å². The van der Waals surface area contributed by atoms with Crippen LogP contribution >= 0.6 is 0 Å². The van der Waals surface area contributed by atoms with E-state index in [0.717, 1.165) is 38.8 Å². The lowest BCUT2D eigenvalue weighted by atomic mass is 9.94. The number of carbonyl (C=O) groups excluding carboxylic acids is 2. The first-order chi connectivity index (χ1) is 12.2. The molecule has 0 aliphatic carbocycles. The van der Waals surface area contributed by atoms with E-state index < -0.39 is 11.4 Å². The maximum atomic E-state index is 12.7. The molecule has 0 unspecified atom stereocenters. The molecule has 2 saturated heterocycles. The quantitative estimate of drug-likeness (QED) is 0.697. The topological polar surface area (TPSA) is 87.9 Å². The summed E-state index contributed by atoms with van der Waals surface area (Å²) < 4.78 is 5.31. The number of nitrogens with zero attached hydrogens (tertiary/aromatic N) is 2. The molecule has 0 aromatic heterocycles. The first-order valence-electron chi connectivity index (χ1n) is 9.53. The van der Waals surface area contributed by atoms with Gasteiger partial charge < -0.3 is 15.4 Å². The predicted molar refractivity (Wildman–Crippen MR) is 101 cm³/mol. The summed E-state index contributed by atoms with van der Waals surface area (Å²) in [4.78, 5) is 29.3. The molecule has 2 fully saturated rings. The van der Waals surface area contributed by atoms with Crippen molar-refractivity contribution in [3.8, 4) is 0 Å². The van der Waals surface area contributed by atoms with E-state index in [0.29, 0.717) is 25.0 Å². The molecule has 148 valence electrons. The number of hydrogen-bond acceptors (Lipinski definition) is 6. The summed E-state index contributed by atoms with van der Waals surface area (Å²) in [6, 6.07) is 0.338. The number of imide groups is 1. The van der Waals surface area contributed by atoms with E-state index in [1.54, 1.807) is 0 Å². The lowest BCUT2D eigenvalue weighted by molar-refractivity contribution is -0.136. The number of likely N-dealkylation sites (tertiary alicyclic amines) is 1. The highest BCUT2D eigenvalue weighted by molar-refractivity contribution is 6.04. The summed E-state index contributed by atoms with van der Waals surface area (Å²) in [5.74, 6) is -0.580. The number of amides is 2. The summed E-state index contributed by atoms with van der Waals surface area (Å²) in [7, 11) is 4.08. The van der Waals surface area contributed by atoms with Crippen LogP contribution in [0.2, 0.25) is 0 Å². The highest BCUT2D eigenvalue weighted by atomic mass is 16.5. The summed E-state index contributed by atoms with van der Waals surface area (Å²) in [5.41, 5.74) is 5.80. The van der Waals surface area contributed by atoms with Crippen molar-refractivity contribution in [2.75, 3.05) is 40.4 Å². The molecule has 2 amide bonds. The fourth-order valence-electron chi connectivity index (χ4n) is 3.60. The zero-order chi connectivity index (χ0) is 19.3. The van der Waals surface area contributed by atoms with Gasteiger partial charge in [0.25, 0.3) is 5.91 Å². The van der Waals surface area contributed by atoms with Crippen LogP contribution in [0.5, 0.6) is 0 Å². The van der Waals surface area contributed by atoms with Crippen LogP contribution in [0.15, 0.2) is 11.8 Å². The highest BCUT2D eigenvalue weighted by Crippen LogP contribution is 2.23. The van der Waals surface area contributed by atoms with Gasteiger partial charge in [-0.15, -0.1) is 0 Å². The number of nitrogens with one attached hydrogen (secondary N) is 1. The average molecular weight is 367 g/mol. The summed E-state index contributed by atoms with van der Waals surface area (Å²) in [6.07, 6.45) is 5.03. The maximum absolute atomic E-state index is 12.7. The number of ether oxygens (including phenoxy) is 1. The van der Waals surface area contributed by atoms with E-state index in [1.165, 1.54) is 6.08 Å². The van der Waals surface area contributed by atoms with Crippen LogP contribution < -0.4 is 11.1 Å². The summed E-state index contributed by atoms with van der Waals surface area (Å²) in [5, 5.41) is 2.50. The van der Waals surface area contributed by atoms with E-state index in [9.17, 15) is 9.59 Å².